The molecular weight excluding hydrogens is 719 g/mol. The van der Waals surface area contributed by atoms with Crippen LogP contribution in [0.15, 0.2) is 0 Å². The van der Waals surface area contributed by atoms with E-state index in [1.54, 1.807) is 0 Å². The van der Waals surface area contributed by atoms with Crippen molar-refractivity contribution in [1.82, 2.24) is 5.32 Å². The lowest BCUT2D eigenvalue weighted by atomic mass is 9.87. The Morgan fingerprint density at radius 3 is 1.18 bits per heavy atom. The molecule has 0 bridgehead atoms. The van der Waals surface area contributed by atoms with Gasteiger partial charge in [0.15, 0.2) is 0 Å². The minimum Gasteiger partial charge on any atom is -0.394 e. The first kappa shape index (κ1) is 54.2. The Bertz CT molecular complexity index is 877. The molecule has 9 nitrogen and oxygen atoms in total. The van der Waals surface area contributed by atoms with Gasteiger partial charge in [-0.2, -0.15) is 0 Å². The molecule has 1 fully saturated rings. The van der Waals surface area contributed by atoms with Gasteiger partial charge in [0.2, 0.25) is 5.91 Å². The van der Waals surface area contributed by atoms with Gasteiger partial charge in [0, 0.05) is 6.42 Å². The van der Waals surface area contributed by atoms with E-state index in [9.17, 15) is 35.4 Å². The second kappa shape index (κ2) is 38.1. The van der Waals surface area contributed by atoms with Gasteiger partial charge in [0.1, 0.15) is 36.6 Å². The summed E-state index contributed by atoms with van der Waals surface area (Å²) in [6.45, 7) is 3.90. The lowest BCUT2D eigenvalue weighted by Crippen LogP contribution is -2.66. The van der Waals surface area contributed by atoms with Gasteiger partial charge < -0.3 is 40.7 Å². The minimum atomic E-state index is -1.66. The van der Waals surface area contributed by atoms with Crippen LogP contribution >= 0.6 is 0 Å². The van der Waals surface area contributed by atoms with Gasteiger partial charge in [-0.3, -0.25) is 4.79 Å². The maximum Gasteiger partial charge on any atom is 0.220 e. The largest absolute Gasteiger partial charge is 0.394 e. The van der Waals surface area contributed by atoms with Crippen molar-refractivity contribution in [2.24, 2.45) is 0 Å². The van der Waals surface area contributed by atoms with E-state index in [4.69, 9.17) is 4.74 Å². The number of carbonyl (C=O) groups excluding carboxylic acids is 1. The van der Waals surface area contributed by atoms with Crippen LogP contribution < -0.4 is 5.32 Å². The van der Waals surface area contributed by atoms with Crippen LogP contribution in [0.4, 0.5) is 0 Å². The molecule has 0 radical (unpaired) electrons. The number of hydrogen-bond acceptors (Lipinski definition) is 8. The molecule has 0 aromatic heterocycles. The molecule has 8 atom stereocenters. The smallest absolute Gasteiger partial charge is 0.220 e. The molecule has 3 unspecified atom stereocenters. The standard InChI is InChI=1S/C48H95NO8/c1-3-5-7-9-11-13-15-17-18-19-20-21-22-23-24-26-28-30-32-34-36-38-42(52)49-43(45(54)48-47(56)46(55)44(53)41(39-50)57-48)40(51)37-35-33-31-29-27-25-16-14-12-10-8-6-4-2/h40-41,43-48,50-51,53-56H,3-39H2,1-2H3,(H,49,52)/t40?,41-,43?,44+,45?,46+,47-,48+/m1/s1. The molecule has 1 rings (SSSR count). The lowest BCUT2D eigenvalue weighted by Gasteiger charge is -2.44. The number of ether oxygens (including phenoxy) is 1. The number of aliphatic hydroxyl groups excluding tert-OH is 6. The van der Waals surface area contributed by atoms with Crippen molar-refractivity contribution < 1.29 is 40.2 Å². The highest BCUT2D eigenvalue weighted by Crippen LogP contribution is 2.26. The van der Waals surface area contributed by atoms with E-state index in [1.807, 2.05) is 0 Å². The van der Waals surface area contributed by atoms with Crippen molar-refractivity contribution in [3.05, 3.63) is 0 Å². The summed E-state index contributed by atoms with van der Waals surface area (Å²) in [5.74, 6) is -0.286. The molecule has 1 heterocycles. The van der Waals surface area contributed by atoms with E-state index >= 15 is 0 Å². The number of unbranched alkanes of at least 4 members (excludes halogenated alkanes) is 32. The number of rotatable bonds is 41. The molecule has 9 heteroatoms. The summed E-state index contributed by atoms with van der Waals surface area (Å²) in [5, 5.41) is 66.3. The van der Waals surface area contributed by atoms with E-state index in [0.29, 0.717) is 12.8 Å². The van der Waals surface area contributed by atoms with E-state index in [0.717, 1.165) is 44.9 Å². The average molecular weight is 814 g/mol. The molecule has 0 aromatic rings. The third kappa shape index (κ3) is 27.6. The Morgan fingerprint density at radius 1 is 0.491 bits per heavy atom. The minimum absolute atomic E-state index is 0.266. The zero-order chi connectivity index (χ0) is 41.8. The fourth-order valence-electron chi connectivity index (χ4n) is 8.55. The Morgan fingerprint density at radius 2 is 0.825 bits per heavy atom. The van der Waals surface area contributed by atoms with E-state index < -0.39 is 55.4 Å². The highest BCUT2D eigenvalue weighted by atomic mass is 16.6. The zero-order valence-electron chi connectivity index (χ0n) is 37.3. The summed E-state index contributed by atoms with van der Waals surface area (Å²) >= 11 is 0. The van der Waals surface area contributed by atoms with E-state index in [1.165, 1.54) is 167 Å². The topological polar surface area (TPSA) is 160 Å². The first-order valence-corrected chi connectivity index (χ1v) is 24.7. The fraction of sp³-hybridized carbons (Fsp3) is 0.979. The molecular formula is C48H95NO8. The third-order valence-electron chi connectivity index (χ3n) is 12.5. The summed E-state index contributed by atoms with van der Waals surface area (Å²) in [6.07, 6.45) is 33.3. The zero-order valence-corrected chi connectivity index (χ0v) is 37.3. The second-order valence-electron chi connectivity index (χ2n) is 17.8. The Kier molecular flexibility index (Phi) is 36.3. The predicted octanol–water partition coefficient (Wildman–Crippen LogP) is 10.1. The summed E-state index contributed by atoms with van der Waals surface area (Å²) in [5.41, 5.74) is 0. The summed E-state index contributed by atoms with van der Waals surface area (Å²) in [6, 6.07) is -1.13. The van der Waals surface area contributed by atoms with Gasteiger partial charge in [-0.05, 0) is 12.8 Å². The Balaban J connectivity index is 2.30. The Labute approximate surface area is 350 Å². The van der Waals surface area contributed by atoms with Gasteiger partial charge in [0.05, 0.1) is 18.8 Å². The van der Waals surface area contributed by atoms with Crippen LogP contribution in [0.25, 0.3) is 0 Å². The van der Waals surface area contributed by atoms with Crippen molar-refractivity contribution >= 4 is 5.91 Å². The number of amides is 1. The highest BCUT2D eigenvalue weighted by molar-refractivity contribution is 5.76. The van der Waals surface area contributed by atoms with Crippen molar-refractivity contribution in [2.75, 3.05) is 6.61 Å². The SMILES string of the molecule is CCCCCCCCCCCCCCCCCCCCCCCC(=O)NC(C(O)CCCCCCCCCCCCCCC)C(O)[C@@H]1O[C@H](CO)[C@H](O)[C@H](O)[C@H]1O. The molecule has 0 saturated carbocycles. The molecule has 1 amide bonds. The number of carbonyl (C=O) groups is 1. The number of aliphatic hydroxyl groups is 6. The van der Waals surface area contributed by atoms with Crippen LogP contribution in [0.1, 0.15) is 245 Å². The normalized spacial score (nSPS) is 21.4. The molecule has 340 valence electrons. The van der Waals surface area contributed by atoms with Crippen LogP contribution in [0.3, 0.4) is 0 Å². The monoisotopic (exact) mass is 814 g/mol. The molecule has 1 aliphatic heterocycles. The number of nitrogens with one attached hydrogen (secondary N) is 1. The van der Waals surface area contributed by atoms with Crippen molar-refractivity contribution in [3.63, 3.8) is 0 Å². The van der Waals surface area contributed by atoms with Crippen LogP contribution in [-0.4, -0.2) is 91.9 Å². The van der Waals surface area contributed by atoms with Crippen molar-refractivity contribution in [1.29, 1.82) is 0 Å². The van der Waals surface area contributed by atoms with Crippen LogP contribution in [-0.2, 0) is 9.53 Å². The summed E-state index contributed by atoms with van der Waals surface area (Å²) in [7, 11) is 0. The molecule has 0 spiro atoms. The molecule has 7 N–H and O–H groups in total. The summed E-state index contributed by atoms with van der Waals surface area (Å²) < 4.78 is 5.61. The molecule has 1 aliphatic rings. The van der Waals surface area contributed by atoms with Gasteiger partial charge in [-0.15, -0.1) is 0 Å². The first-order valence-electron chi connectivity index (χ1n) is 24.7. The quantitative estimate of drug-likeness (QED) is 0.0301. The van der Waals surface area contributed by atoms with Crippen molar-refractivity contribution in [3.8, 4) is 0 Å². The summed E-state index contributed by atoms with van der Waals surface area (Å²) in [4.78, 5) is 13.1. The van der Waals surface area contributed by atoms with Gasteiger partial charge in [0.25, 0.3) is 0 Å². The highest BCUT2D eigenvalue weighted by Gasteiger charge is 2.48. The predicted molar refractivity (Wildman–Crippen MR) is 235 cm³/mol. The van der Waals surface area contributed by atoms with Gasteiger partial charge >= 0.3 is 0 Å². The van der Waals surface area contributed by atoms with Crippen LogP contribution in [0.2, 0.25) is 0 Å². The first-order chi connectivity index (χ1) is 27.8. The second-order valence-corrected chi connectivity index (χ2v) is 17.8. The van der Waals surface area contributed by atoms with Crippen LogP contribution in [0, 0.1) is 0 Å². The maximum absolute atomic E-state index is 13.1. The molecule has 0 aliphatic carbocycles. The lowest BCUT2D eigenvalue weighted by molar-refractivity contribution is -0.253. The van der Waals surface area contributed by atoms with Gasteiger partial charge in [-0.25, -0.2) is 0 Å². The molecule has 1 saturated heterocycles. The average Bonchev–Trinajstić information content (AvgIpc) is 3.21. The van der Waals surface area contributed by atoms with E-state index in [-0.39, 0.29) is 12.3 Å². The molecule has 0 aromatic carbocycles. The fourth-order valence-corrected chi connectivity index (χ4v) is 8.55. The van der Waals surface area contributed by atoms with Crippen LogP contribution in [0.5, 0.6) is 0 Å². The molecule has 57 heavy (non-hydrogen) atoms. The Hall–Kier alpha value is -0.810. The third-order valence-corrected chi connectivity index (χ3v) is 12.5. The van der Waals surface area contributed by atoms with E-state index in [2.05, 4.69) is 19.2 Å². The number of hydrogen-bond donors (Lipinski definition) is 7. The van der Waals surface area contributed by atoms with Gasteiger partial charge in [-0.1, -0.05) is 226 Å². The van der Waals surface area contributed by atoms with Crippen molar-refractivity contribution in [2.45, 2.75) is 294 Å². The maximum atomic E-state index is 13.1.